The molecule has 1 heterocycles. The Morgan fingerprint density at radius 2 is 1.61 bits per heavy atom. The lowest BCUT2D eigenvalue weighted by Crippen LogP contribution is -2.46. The van der Waals surface area contributed by atoms with Crippen molar-refractivity contribution < 1.29 is 9.59 Å². The number of hydrogen-bond donors (Lipinski definition) is 0. The number of likely N-dealkylation sites (tertiary alicyclic amines) is 1. The molecule has 0 aromatic heterocycles. The molecule has 18 heavy (non-hydrogen) atoms. The van der Waals surface area contributed by atoms with E-state index in [1.165, 1.54) is 4.90 Å². The third-order valence-electron chi connectivity index (χ3n) is 3.33. The average Bonchev–Trinajstić information content (AvgIpc) is 2.27. The first-order valence-electron chi connectivity index (χ1n) is 6.35. The first-order valence-corrected chi connectivity index (χ1v) is 6.35. The van der Waals surface area contributed by atoms with E-state index in [-0.39, 0.29) is 17.2 Å². The molecule has 0 unspecified atom stereocenters. The Hall–Kier alpha value is -1.64. The van der Waals surface area contributed by atoms with Gasteiger partial charge in [-0.05, 0) is 17.4 Å². The SMILES string of the molecule is CC1(C)CC(=O)N(CCc2ccccc2)C(=O)C1. The van der Waals surface area contributed by atoms with Crippen molar-refractivity contribution in [3.63, 3.8) is 0 Å². The van der Waals surface area contributed by atoms with Crippen LogP contribution in [0.5, 0.6) is 0 Å². The van der Waals surface area contributed by atoms with E-state index in [1.807, 2.05) is 44.2 Å². The molecule has 2 rings (SSSR count). The lowest BCUT2D eigenvalue weighted by molar-refractivity contribution is -0.152. The molecular weight excluding hydrogens is 226 g/mol. The maximum atomic E-state index is 11.9. The molecule has 0 bridgehead atoms. The van der Waals surface area contributed by atoms with Crippen molar-refractivity contribution in [1.82, 2.24) is 4.90 Å². The summed E-state index contributed by atoms with van der Waals surface area (Å²) in [6.07, 6.45) is 1.67. The lowest BCUT2D eigenvalue weighted by atomic mass is 9.81. The fourth-order valence-corrected chi connectivity index (χ4v) is 2.35. The average molecular weight is 245 g/mol. The Labute approximate surface area is 108 Å². The van der Waals surface area contributed by atoms with Gasteiger partial charge in [-0.2, -0.15) is 0 Å². The molecule has 1 aromatic rings. The van der Waals surface area contributed by atoms with E-state index in [2.05, 4.69) is 0 Å². The van der Waals surface area contributed by atoms with Gasteiger partial charge >= 0.3 is 0 Å². The highest BCUT2D eigenvalue weighted by atomic mass is 16.2. The number of benzene rings is 1. The van der Waals surface area contributed by atoms with Gasteiger partial charge < -0.3 is 0 Å². The van der Waals surface area contributed by atoms with E-state index in [0.29, 0.717) is 19.4 Å². The summed E-state index contributed by atoms with van der Waals surface area (Å²) in [7, 11) is 0. The number of piperidine rings is 1. The van der Waals surface area contributed by atoms with Crippen molar-refractivity contribution in [2.75, 3.05) is 6.54 Å². The summed E-state index contributed by atoms with van der Waals surface area (Å²) in [5.41, 5.74) is 0.972. The van der Waals surface area contributed by atoms with Crippen LogP contribution in [0.2, 0.25) is 0 Å². The third-order valence-corrected chi connectivity index (χ3v) is 3.33. The summed E-state index contributed by atoms with van der Waals surface area (Å²) >= 11 is 0. The third kappa shape index (κ3) is 2.97. The lowest BCUT2D eigenvalue weighted by Gasteiger charge is -2.34. The normalized spacial score (nSPS) is 19.1. The van der Waals surface area contributed by atoms with Gasteiger partial charge in [-0.1, -0.05) is 44.2 Å². The minimum Gasteiger partial charge on any atom is -0.282 e. The molecule has 1 aliphatic rings. The Morgan fingerprint density at radius 1 is 1.06 bits per heavy atom. The van der Waals surface area contributed by atoms with Gasteiger partial charge in [0.05, 0.1) is 0 Å². The maximum absolute atomic E-state index is 11.9. The summed E-state index contributed by atoms with van der Waals surface area (Å²) in [5.74, 6) is -0.0700. The van der Waals surface area contributed by atoms with Crippen molar-refractivity contribution in [2.45, 2.75) is 33.1 Å². The van der Waals surface area contributed by atoms with Gasteiger partial charge in [0, 0.05) is 19.4 Å². The zero-order valence-corrected chi connectivity index (χ0v) is 11.0. The van der Waals surface area contributed by atoms with Gasteiger partial charge in [0.2, 0.25) is 11.8 Å². The summed E-state index contributed by atoms with van der Waals surface area (Å²) in [4.78, 5) is 25.3. The van der Waals surface area contributed by atoms with Gasteiger partial charge in [-0.15, -0.1) is 0 Å². The molecule has 0 saturated carbocycles. The zero-order chi connectivity index (χ0) is 13.2. The van der Waals surface area contributed by atoms with Crippen molar-refractivity contribution in [1.29, 1.82) is 0 Å². The van der Waals surface area contributed by atoms with Crippen molar-refractivity contribution >= 4 is 11.8 Å². The summed E-state index contributed by atoms with van der Waals surface area (Å²) < 4.78 is 0. The van der Waals surface area contributed by atoms with Crippen LogP contribution in [0.25, 0.3) is 0 Å². The number of hydrogen-bond acceptors (Lipinski definition) is 2. The molecular formula is C15H19NO2. The van der Waals surface area contributed by atoms with Crippen LogP contribution in [-0.4, -0.2) is 23.3 Å². The predicted octanol–water partition coefficient (Wildman–Crippen LogP) is 2.40. The molecule has 1 fully saturated rings. The number of nitrogens with zero attached hydrogens (tertiary/aromatic N) is 1. The molecule has 0 N–H and O–H groups in total. The maximum Gasteiger partial charge on any atom is 0.229 e. The standard InChI is InChI=1S/C15H19NO2/c1-15(2)10-13(17)16(14(18)11-15)9-8-12-6-4-3-5-7-12/h3-7H,8-11H2,1-2H3. The zero-order valence-electron chi connectivity index (χ0n) is 11.0. The highest BCUT2D eigenvalue weighted by Crippen LogP contribution is 2.31. The second-order valence-corrected chi connectivity index (χ2v) is 5.69. The van der Waals surface area contributed by atoms with Crippen LogP contribution in [0, 0.1) is 5.41 Å². The second-order valence-electron chi connectivity index (χ2n) is 5.69. The molecule has 0 spiro atoms. The Balaban J connectivity index is 1.98. The molecule has 3 heteroatoms. The molecule has 1 aromatic carbocycles. The molecule has 3 nitrogen and oxygen atoms in total. The minimum atomic E-state index is -0.183. The Morgan fingerprint density at radius 3 is 2.17 bits per heavy atom. The molecule has 2 amide bonds. The summed E-state index contributed by atoms with van der Waals surface area (Å²) in [6.45, 7) is 4.44. The van der Waals surface area contributed by atoms with E-state index < -0.39 is 0 Å². The van der Waals surface area contributed by atoms with E-state index in [1.54, 1.807) is 0 Å². The van der Waals surface area contributed by atoms with Crippen molar-refractivity contribution in [3.8, 4) is 0 Å². The highest BCUT2D eigenvalue weighted by molar-refractivity contribution is 5.98. The van der Waals surface area contributed by atoms with Crippen LogP contribution in [0.15, 0.2) is 30.3 Å². The topological polar surface area (TPSA) is 37.4 Å². The summed E-state index contributed by atoms with van der Waals surface area (Å²) in [6, 6.07) is 9.94. The molecule has 1 saturated heterocycles. The van der Waals surface area contributed by atoms with Gasteiger partial charge in [0.25, 0.3) is 0 Å². The number of rotatable bonds is 3. The first-order chi connectivity index (χ1) is 8.48. The van der Waals surface area contributed by atoms with Gasteiger partial charge in [-0.3, -0.25) is 14.5 Å². The molecule has 1 aliphatic heterocycles. The van der Waals surface area contributed by atoms with E-state index in [4.69, 9.17) is 0 Å². The molecule has 0 atom stereocenters. The fourth-order valence-electron chi connectivity index (χ4n) is 2.35. The van der Waals surface area contributed by atoms with Gasteiger partial charge in [0.1, 0.15) is 0 Å². The molecule has 0 aliphatic carbocycles. The van der Waals surface area contributed by atoms with Crippen LogP contribution in [0.3, 0.4) is 0 Å². The van der Waals surface area contributed by atoms with Crippen LogP contribution in [0.1, 0.15) is 32.3 Å². The number of carbonyl (C=O) groups is 2. The minimum absolute atomic E-state index is 0.0350. The number of carbonyl (C=O) groups excluding carboxylic acids is 2. The van der Waals surface area contributed by atoms with Crippen LogP contribution >= 0.6 is 0 Å². The Kier molecular flexibility index (Phi) is 3.50. The van der Waals surface area contributed by atoms with Gasteiger partial charge in [-0.25, -0.2) is 0 Å². The quantitative estimate of drug-likeness (QED) is 0.767. The molecule has 0 radical (unpaired) electrons. The predicted molar refractivity (Wildman–Crippen MR) is 69.9 cm³/mol. The summed E-state index contributed by atoms with van der Waals surface area (Å²) in [5, 5.41) is 0. The van der Waals surface area contributed by atoms with Crippen molar-refractivity contribution in [2.24, 2.45) is 5.41 Å². The largest absolute Gasteiger partial charge is 0.282 e. The van der Waals surface area contributed by atoms with Crippen LogP contribution in [0.4, 0.5) is 0 Å². The second kappa shape index (κ2) is 4.92. The van der Waals surface area contributed by atoms with Crippen molar-refractivity contribution in [3.05, 3.63) is 35.9 Å². The molecule has 96 valence electrons. The Bertz CT molecular complexity index is 431. The number of amides is 2. The fraction of sp³-hybridized carbons (Fsp3) is 0.467. The van der Waals surface area contributed by atoms with Crippen LogP contribution < -0.4 is 0 Å². The van der Waals surface area contributed by atoms with Crippen LogP contribution in [-0.2, 0) is 16.0 Å². The first kappa shape index (κ1) is 12.8. The number of imide groups is 1. The van der Waals surface area contributed by atoms with E-state index in [0.717, 1.165) is 12.0 Å². The monoisotopic (exact) mass is 245 g/mol. The van der Waals surface area contributed by atoms with E-state index >= 15 is 0 Å². The smallest absolute Gasteiger partial charge is 0.229 e. The highest BCUT2D eigenvalue weighted by Gasteiger charge is 2.36. The van der Waals surface area contributed by atoms with E-state index in [9.17, 15) is 9.59 Å². The van der Waals surface area contributed by atoms with Gasteiger partial charge in [0.15, 0.2) is 0 Å².